The molecule has 0 aliphatic carbocycles. The van der Waals surface area contributed by atoms with Crippen molar-refractivity contribution in [3.8, 4) is 0 Å². The molecule has 1 amide bonds. The summed E-state index contributed by atoms with van der Waals surface area (Å²) in [7, 11) is 0. The molecule has 1 aromatic heterocycles. The Hall–Kier alpha value is -1.62. The first-order chi connectivity index (χ1) is 7.29. The predicted octanol–water partition coefficient (Wildman–Crippen LogP) is 0.897. The van der Waals surface area contributed by atoms with Crippen molar-refractivity contribution in [3.63, 3.8) is 0 Å². The number of hydrogen-bond donors (Lipinski definition) is 3. The lowest BCUT2D eigenvalue weighted by Crippen LogP contribution is -2.26. The quantitative estimate of drug-likeness (QED) is 0.381. The van der Waals surface area contributed by atoms with Gasteiger partial charge < -0.3 is 10.7 Å². The van der Waals surface area contributed by atoms with Gasteiger partial charge in [0.25, 0.3) is 5.91 Å². The van der Waals surface area contributed by atoms with Crippen LogP contribution in [0.3, 0.4) is 0 Å². The van der Waals surface area contributed by atoms with Crippen LogP contribution in [0.15, 0.2) is 18.5 Å². The van der Waals surface area contributed by atoms with Crippen LogP contribution < -0.4 is 16.6 Å². The van der Waals surface area contributed by atoms with Gasteiger partial charge in [0.1, 0.15) is 0 Å². The molecular weight excluding hydrogens is 192 g/mol. The van der Waals surface area contributed by atoms with E-state index in [1.807, 2.05) is 0 Å². The van der Waals surface area contributed by atoms with Gasteiger partial charge in [-0.25, -0.2) is 0 Å². The van der Waals surface area contributed by atoms with E-state index < -0.39 is 0 Å². The van der Waals surface area contributed by atoms with Gasteiger partial charge in [-0.15, -0.1) is 0 Å². The number of aromatic nitrogens is 1. The summed E-state index contributed by atoms with van der Waals surface area (Å²) in [6.07, 6.45) is 5.10. The number of unbranched alkanes of at least 4 members (excludes halogenated alkanes) is 1. The molecular formula is C10H16N4O. The minimum Gasteiger partial charge on any atom is -0.352 e. The second-order valence-corrected chi connectivity index (χ2v) is 3.18. The highest BCUT2D eigenvalue weighted by Crippen LogP contribution is 2.11. The molecule has 0 aliphatic rings. The lowest BCUT2D eigenvalue weighted by Gasteiger charge is -2.08. The van der Waals surface area contributed by atoms with Crippen molar-refractivity contribution in [2.24, 2.45) is 5.84 Å². The summed E-state index contributed by atoms with van der Waals surface area (Å²) < 4.78 is 0. The summed E-state index contributed by atoms with van der Waals surface area (Å²) in [6, 6.07) is 1.66. The molecule has 4 N–H and O–H groups in total. The van der Waals surface area contributed by atoms with E-state index in [-0.39, 0.29) is 5.91 Å². The number of nitrogens with two attached hydrogens (primary N) is 1. The number of amides is 1. The molecule has 5 nitrogen and oxygen atoms in total. The van der Waals surface area contributed by atoms with Crippen molar-refractivity contribution < 1.29 is 4.79 Å². The van der Waals surface area contributed by atoms with Crippen molar-refractivity contribution in [2.75, 3.05) is 12.0 Å². The fraction of sp³-hybridized carbons (Fsp3) is 0.400. The maximum atomic E-state index is 11.7. The van der Waals surface area contributed by atoms with Crippen LogP contribution in [0.2, 0.25) is 0 Å². The third kappa shape index (κ3) is 3.21. The monoisotopic (exact) mass is 208 g/mol. The Morgan fingerprint density at radius 3 is 3.07 bits per heavy atom. The van der Waals surface area contributed by atoms with Crippen LogP contribution in [0.5, 0.6) is 0 Å². The minimum atomic E-state index is -0.149. The standard InChI is InChI=1S/C10H16N4O/c1-2-3-5-13-10(15)8-7-12-6-4-9(8)14-11/h4,6-7H,2-3,5,11H2,1H3,(H,12,14)(H,13,15). The number of hydrazine groups is 1. The summed E-state index contributed by atoms with van der Waals surface area (Å²) in [4.78, 5) is 15.5. The number of anilines is 1. The molecule has 0 aliphatic heterocycles. The SMILES string of the molecule is CCCCNC(=O)c1cnccc1NN. The maximum absolute atomic E-state index is 11.7. The molecule has 82 valence electrons. The van der Waals surface area contributed by atoms with Crippen molar-refractivity contribution >= 4 is 11.6 Å². The van der Waals surface area contributed by atoms with Gasteiger partial charge in [-0.1, -0.05) is 13.3 Å². The molecule has 0 fully saturated rings. The van der Waals surface area contributed by atoms with E-state index in [4.69, 9.17) is 5.84 Å². The van der Waals surface area contributed by atoms with Crippen molar-refractivity contribution in [3.05, 3.63) is 24.0 Å². The van der Waals surface area contributed by atoms with Gasteiger partial charge >= 0.3 is 0 Å². The zero-order valence-electron chi connectivity index (χ0n) is 8.79. The summed E-state index contributed by atoms with van der Waals surface area (Å²) in [5.74, 6) is 5.14. The van der Waals surface area contributed by atoms with Gasteiger partial charge in [0, 0.05) is 18.9 Å². The van der Waals surface area contributed by atoms with E-state index in [1.165, 1.54) is 6.20 Å². The summed E-state index contributed by atoms with van der Waals surface area (Å²) in [5.41, 5.74) is 3.52. The van der Waals surface area contributed by atoms with E-state index in [0.29, 0.717) is 17.8 Å². The maximum Gasteiger partial charge on any atom is 0.255 e. The molecule has 1 aromatic rings. The number of nitrogens with zero attached hydrogens (tertiary/aromatic N) is 1. The Balaban J connectivity index is 2.64. The summed E-state index contributed by atoms with van der Waals surface area (Å²) >= 11 is 0. The fourth-order valence-electron chi connectivity index (χ4n) is 1.18. The molecule has 0 aromatic carbocycles. The van der Waals surface area contributed by atoms with Gasteiger partial charge in [-0.2, -0.15) is 0 Å². The zero-order chi connectivity index (χ0) is 11.1. The van der Waals surface area contributed by atoms with Crippen LogP contribution in [-0.2, 0) is 0 Å². The number of nitrogens with one attached hydrogen (secondary N) is 2. The molecule has 0 atom stereocenters. The highest BCUT2D eigenvalue weighted by Gasteiger charge is 2.09. The normalized spacial score (nSPS) is 9.73. The molecule has 0 saturated heterocycles. The Kier molecular flexibility index (Phi) is 4.56. The van der Waals surface area contributed by atoms with Crippen LogP contribution in [0.25, 0.3) is 0 Å². The van der Waals surface area contributed by atoms with Crippen molar-refractivity contribution in [2.45, 2.75) is 19.8 Å². The molecule has 0 radical (unpaired) electrons. The van der Waals surface area contributed by atoms with Crippen LogP contribution in [0, 0.1) is 0 Å². The van der Waals surface area contributed by atoms with Gasteiger partial charge in [0.2, 0.25) is 0 Å². The summed E-state index contributed by atoms with van der Waals surface area (Å²) in [6.45, 7) is 2.75. The van der Waals surface area contributed by atoms with E-state index in [0.717, 1.165) is 12.8 Å². The molecule has 1 heterocycles. The van der Waals surface area contributed by atoms with Crippen molar-refractivity contribution in [1.29, 1.82) is 0 Å². The van der Waals surface area contributed by atoms with E-state index in [1.54, 1.807) is 12.3 Å². The largest absolute Gasteiger partial charge is 0.352 e. The fourth-order valence-corrected chi connectivity index (χ4v) is 1.18. The first-order valence-electron chi connectivity index (χ1n) is 4.98. The number of carbonyl (C=O) groups is 1. The lowest BCUT2D eigenvalue weighted by atomic mass is 10.2. The highest BCUT2D eigenvalue weighted by molar-refractivity contribution is 5.99. The van der Waals surface area contributed by atoms with Crippen LogP contribution >= 0.6 is 0 Å². The average molecular weight is 208 g/mol. The van der Waals surface area contributed by atoms with Gasteiger partial charge in [-0.3, -0.25) is 15.6 Å². The Morgan fingerprint density at radius 2 is 2.40 bits per heavy atom. The smallest absolute Gasteiger partial charge is 0.255 e. The topological polar surface area (TPSA) is 80.0 Å². The molecule has 0 unspecified atom stereocenters. The molecule has 0 bridgehead atoms. The van der Waals surface area contributed by atoms with Crippen LogP contribution in [0.4, 0.5) is 5.69 Å². The molecule has 0 saturated carbocycles. The lowest BCUT2D eigenvalue weighted by molar-refractivity contribution is 0.0953. The third-order valence-electron chi connectivity index (χ3n) is 2.04. The van der Waals surface area contributed by atoms with Crippen LogP contribution in [-0.4, -0.2) is 17.4 Å². The van der Waals surface area contributed by atoms with Gasteiger partial charge in [-0.05, 0) is 12.5 Å². The highest BCUT2D eigenvalue weighted by atomic mass is 16.1. The van der Waals surface area contributed by atoms with E-state index >= 15 is 0 Å². The zero-order valence-corrected chi connectivity index (χ0v) is 8.79. The first kappa shape index (κ1) is 11.5. The molecule has 15 heavy (non-hydrogen) atoms. The Bertz CT molecular complexity index is 327. The number of rotatable bonds is 5. The minimum absolute atomic E-state index is 0.149. The number of pyridine rings is 1. The van der Waals surface area contributed by atoms with Crippen molar-refractivity contribution in [1.82, 2.24) is 10.3 Å². The van der Waals surface area contributed by atoms with Crippen LogP contribution in [0.1, 0.15) is 30.1 Å². The molecule has 5 heteroatoms. The third-order valence-corrected chi connectivity index (χ3v) is 2.04. The van der Waals surface area contributed by atoms with E-state index in [2.05, 4.69) is 22.7 Å². The number of nitrogen functional groups attached to an aromatic ring is 1. The van der Waals surface area contributed by atoms with Gasteiger partial charge in [0.15, 0.2) is 0 Å². The second kappa shape index (κ2) is 5.98. The summed E-state index contributed by atoms with van der Waals surface area (Å²) in [5, 5.41) is 2.80. The number of hydrogen-bond acceptors (Lipinski definition) is 4. The molecule has 1 rings (SSSR count). The molecule has 0 spiro atoms. The predicted molar refractivity (Wildman–Crippen MR) is 59.3 cm³/mol. The Morgan fingerprint density at radius 1 is 1.60 bits per heavy atom. The van der Waals surface area contributed by atoms with E-state index in [9.17, 15) is 4.79 Å². The Labute approximate surface area is 89.0 Å². The average Bonchev–Trinajstić information content (AvgIpc) is 2.29. The van der Waals surface area contributed by atoms with Gasteiger partial charge in [0.05, 0.1) is 11.3 Å². The second-order valence-electron chi connectivity index (χ2n) is 3.18. The number of carbonyl (C=O) groups excluding carboxylic acids is 1. The first-order valence-corrected chi connectivity index (χ1v) is 4.98.